The molecule has 0 unspecified atom stereocenters. The normalized spacial score (nSPS) is 55.1. The molecule has 0 aromatic rings. The van der Waals surface area contributed by atoms with E-state index in [1.54, 1.807) is 0 Å². The molecule has 0 aliphatic heterocycles. The van der Waals surface area contributed by atoms with Gasteiger partial charge in [-0.2, -0.15) is 0 Å². The second-order valence-corrected chi connectivity index (χ2v) is 7.43. The van der Waals surface area contributed by atoms with Gasteiger partial charge in [0.05, 0.1) is 0 Å². The topological polar surface area (TPSA) is 17.1 Å². The maximum atomic E-state index is 12.7. The van der Waals surface area contributed by atoms with Crippen LogP contribution in [0.3, 0.4) is 0 Å². The van der Waals surface area contributed by atoms with Crippen molar-refractivity contribution in [2.45, 2.75) is 53.4 Å². The van der Waals surface area contributed by atoms with E-state index in [4.69, 9.17) is 0 Å². The van der Waals surface area contributed by atoms with E-state index in [0.717, 1.165) is 24.2 Å². The van der Waals surface area contributed by atoms with Crippen LogP contribution in [0.15, 0.2) is 0 Å². The standard InChI is InChI=1S/C15H24O/c1-9(2)10-8-15(4)12-5-6-14(3,13(15)16)7-11(10)12/h9-12H,5-8H2,1-4H3/t10-,11-,12-,14+,15+/m0/s1. The Balaban J connectivity index is 2.05. The van der Waals surface area contributed by atoms with Crippen LogP contribution in [0, 0.1) is 34.5 Å². The van der Waals surface area contributed by atoms with Crippen LogP contribution in [-0.4, -0.2) is 5.78 Å². The third-order valence-corrected chi connectivity index (χ3v) is 6.16. The summed E-state index contributed by atoms with van der Waals surface area (Å²) in [5.41, 5.74) is 0.0860. The Kier molecular flexibility index (Phi) is 1.97. The fraction of sp³-hybridized carbons (Fsp3) is 0.933. The first-order chi connectivity index (χ1) is 7.38. The lowest BCUT2D eigenvalue weighted by molar-refractivity contribution is -0.154. The molecule has 0 aromatic heterocycles. The van der Waals surface area contributed by atoms with Gasteiger partial charge in [0.25, 0.3) is 0 Å². The van der Waals surface area contributed by atoms with Gasteiger partial charge in [-0.1, -0.05) is 27.7 Å². The minimum Gasteiger partial charge on any atom is -0.298 e. The molecule has 4 rings (SSSR count). The van der Waals surface area contributed by atoms with E-state index in [2.05, 4.69) is 27.7 Å². The highest BCUT2D eigenvalue weighted by atomic mass is 16.1. The third-order valence-electron chi connectivity index (χ3n) is 6.16. The van der Waals surface area contributed by atoms with Crippen molar-refractivity contribution in [2.24, 2.45) is 34.5 Å². The van der Waals surface area contributed by atoms with E-state index < -0.39 is 0 Å². The number of Topliss-reactive ketones (excluding diaryl/α,β-unsaturated/α-hetero) is 1. The summed E-state index contributed by atoms with van der Waals surface area (Å²) in [4.78, 5) is 12.7. The Morgan fingerprint density at radius 2 is 1.94 bits per heavy atom. The van der Waals surface area contributed by atoms with E-state index >= 15 is 0 Å². The van der Waals surface area contributed by atoms with Crippen LogP contribution in [0.2, 0.25) is 0 Å². The first-order valence-corrected chi connectivity index (χ1v) is 6.93. The molecule has 0 saturated heterocycles. The third kappa shape index (κ3) is 1.05. The maximum absolute atomic E-state index is 12.7. The number of rotatable bonds is 1. The highest BCUT2D eigenvalue weighted by Crippen LogP contribution is 2.68. The SMILES string of the molecule is CC(C)[C@@H]1C[C@@]2(C)C(=O)[C@]3(C)CC[C@H]2[C@H]1C3. The number of carbonyl (C=O) groups excluding carboxylic acids is 1. The predicted octanol–water partition coefficient (Wildman–Crippen LogP) is 3.67. The van der Waals surface area contributed by atoms with E-state index in [0.29, 0.717) is 11.7 Å². The van der Waals surface area contributed by atoms with Gasteiger partial charge in [0.1, 0.15) is 5.78 Å². The van der Waals surface area contributed by atoms with Gasteiger partial charge >= 0.3 is 0 Å². The van der Waals surface area contributed by atoms with Crippen molar-refractivity contribution in [3.63, 3.8) is 0 Å². The highest BCUT2D eigenvalue weighted by Gasteiger charge is 2.66. The zero-order valence-corrected chi connectivity index (χ0v) is 11.0. The Morgan fingerprint density at radius 3 is 2.56 bits per heavy atom. The largest absolute Gasteiger partial charge is 0.298 e. The lowest BCUT2D eigenvalue weighted by Crippen LogP contribution is -2.53. The van der Waals surface area contributed by atoms with Crippen molar-refractivity contribution in [1.29, 1.82) is 0 Å². The van der Waals surface area contributed by atoms with Gasteiger partial charge in [-0.3, -0.25) is 4.79 Å². The molecule has 0 N–H and O–H groups in total. The molecule has 4 aliphatic rings. The molecule has 1 nitrogen and oxygen atoms in total. The van der Waals surface area contributed by atoms with Crippen molar-refractivity contribution in [3.05, 3.63) is 0 Å². The summed E-state index contributed by atoms with van der Waals surface area (Å²) in [5.74, 6) is 3.73. The van der Waals surface area contributed by atoms with Gasteiger partial charge in [0.2, 0.25) is 0 Å². The summed E-state index contributed by atoms with van der Waals surface area (Å²) in [7, 11) is 0. The fourth-order valence-corrected chi connectivity index (χ4v) is 5.37. The van der Waals surface area contributed by atoms with Gasteiger partial charge in [0, 0.05) is 10.8 Å². The van der Waals surface area contributed by atoms with E-state index in [1.165, 1.54) is 19.3 Å². The average molecular weight is 220 g/mol. The summed E-state index contributed by atoms with van der Waals surface area (Å²) in [6.45, 7) is 9.19. The second-order valence-electron chi connectivity index (χ2n) is 7.43. The van der Waals surface area contributed by atoms with Crippen molar-refractivity contribution in [1.82, 2.24) is 0 Å². The summed E-state index contributed by atoms with van der Waals surface area (Å²) >= 11 is 0. The minimum absolute atomic E-state index is 0.0395. The lowest BCUT2D eigenvalue weighted by Gasteiger charge is -2.53. The molecule has 1 heteroatoms. The van der Waals surface area contributed by atoms with Gasteiger partial charge in [-0.15, -0.1) is 0 Å². The summed E-state index contributed by atoms with van der Waals surface area (Å²) in [6.07, 6.45) is 4.84. The van der Waals surface area contributed by atoms with Crippen LogP contribution >= 0.6 is 0 Å². The van der Waals surface area contributed by atoms with Gasteiger partial charge in [-0.25, -0.2) is 0 Å². The van der Waals surface area contributed by atoms with Gasteiger partial charge < -0.3 is 0 Å². The van der Waals surface area contributed by atoms with Crippen LogP contribution in [0.5, 0.6) is 0 Å². The van der Waals surface area contributed by atoms with Crippen molar-refractivity contribution < 1.29 is 4.79 Å². The van der Waals surface area contributed by atoms with E-state index in [-0.39, 0.29) is 10.8 Å². The highest BCUT2D eigenvalue weighted by molar-refractivity contribution is 5.92. The number of hydrogen-bond donors (Lipinski definition) is 0. The number of fused-ring (bicyclic) bond motifs is 1. The first kappa shape index (κ1) is 10.8. The lowest BCUT2D eigenvalue weighted by atomic mass is 9.50. The van der Waals surface area contributed by atoms with Crippen LogP contribution < -0.4 is 0 Å². The monoisotopic (exact) mass is 220 g/mol. The Bertz CT molecular complexity index is 345. The molecule has 4 fully saturated rings. The average Bonchev–Trinajstić information content (AvgIpc) is 2.47. The van der Waals surface area contributed by atoms with Crippen molar-refractivity contribution >= 4 is 5.78 Å². The van der Waals surface area contributed by atoms with Crippen LogP contribution in [-0.2, 0) is 4.79 Å². The number of hydrogen-bond acceptors (Lipinski definition) is 1. The molecule has 4 bridgehead atoms. The summed E-state index contributed by atoms with van der Waals surface area (Å²) in [5, 5.41) is 0. The molecule has 0 heterocycles. The molecule has 0 amide bonds. The zero-order chi connectivity index (χ0) is 11.7. The molecule has 4 aliphatic carbocycles. The second kappa shape index (κ2) is 2.91. The van der Waals surface area contributed by atoms with Gasteiger partial charge in [0.15, 0.2) is 0 Å². The molecule has 5 atom stereocenters. The van der Waals surface area contributed by atoms with Crippen LogP contribution in [0.4, 0.5) is 0 Å². The van der Waals surface area contributed by atoms with E-state index in [9.17, 15) is 4.79 Å². The predicted molar refractivity (Wildman–Crippen MR) is 65.0 cm³/mol. The smallest absolute Gasteiger partial charge is 0.144 e. The van der Waals surface area contributed by atoms with E-state index in [1.807, 2.05) is 0 Å². The van der Waals surface area contributed by atoms with Gasteiger partial charge in [-0.05, 0) is 49.4 Å². The molecular weight excluding hydrogens is 196 g/mol. The molecule has 90 valence electrons. The first-order valence-electron chi connectivity index (χ1n) is 6.93. The molecule has 0 radical (unpaired) electrons. The molecule has 4 saturated carbocycles. The number of carbonyl (C=O) groups is 1. The number of ketones is 1. The molecule has 0 aromatic carbocycles. The van der Waals surface area contributed by atoms with Crippen molar-refractivity contribution in [2.75, 3.05) is 0 Å². The Labute approximate surface area is 99.0 Å². The molecular formula is C15H24O. The van der Waals surface area contributed by atoms with Crippen LogP contribution in [0.1, 0.15) is 53.4 Å². The summed E-state index contributed by atoms with van der Waals surface area (Å²) < 4.78 is 0. The molecule has 0 spiro atoms. The van der Waals surface area contributed by atoms with Crippen LogP contribution in [0.25, 0.3) is 0 Å². The fourth-order valence-electron chi connectivity index (χ4n) is 5.37. The quantitative estimate of drug-likeness (QED) is 0.659. The van der Waals surface area contributed by atoms with Crippen molar-refractivity contribution in [3.8, 4) is 0 Å². The Morgan fingerprint density at radius 1 is 1.25 bits per heavy atom. The summed E-state index contributed by atoms with van der Waals surface area (Å²) in [6, 6.07) is 0. The molecule has 16 heavy (non-hydrogen) atoms. The Hall–Kier alpha value is -0.330. The minimum atomic E-state index is 0.0395. The maximum Gasteiger partial charge on any atom is 0.144 e. The zero-order valence-electron chi connectivity index (χ0n) is 11.0.